The molecule has 3 aromatic rings. The van der Waals surface area contributed by atoms with E-state index in [0.29, 0.717) is 5.56 Å². The number of carboxylic acids is 1. The van der Waals surface area contributed by atoms with E-state index in [2.05, 4.69) is 0 Å². The third-order valence-corrected chi connectivity index (χ3v) is 3.47. The van der Waals surface area contributed by atoms with Gasteiger partial charge in [-0.2, -0.15) is 0 Å². The molecule has 1 N–H and O–H groups in total. The Morgan fingerprint density at radius 3 is 2.50 bits per heavy atom. The fourth-order valence-electron chi connectivity index (χ4n) is 2.51. The summed E-state index contributed by atoms with van der Waals surface area (Å²) in [4.78, 5) is 11.4. The van der Waals surface area contributed by atoms with E-state index in [1.165, 1.54) is 0 Å². The van der Waals surface area contributed by atoms with Crippen LogP contribution in [0, 0.1) is 13.8 Å². The number of carboxylic acid groups (broad SMARTS) is 1. The van der Waals surface area contributed by atoms with Gasteiger partial charge in [0.25, 0.3) is 0 Å². The third-order valence-electron chi connectivity index (χ3n) is 3.47. The van der Waals surface area contributed by atoms with Crippen LogP contribution in [0.2, 0.25) is 0 Å². The van der Waals surface area contributed by atoms with Crippen LogP contribution < -0.4 is 0 Å². The lowest BCUT2D eigenvalue weighted by Crippen LogP contribution is -1.95. The highest BCUT2D eigenvalue weighted by Crippen LogP contribution is 2.26. The molecule has 2 aromatic carbocycles. The van der Waals surface area contributed by atoms with Crippen molar-refractivity contribution in [2.45, 2.75) is 13.8 Å². The Labute approximate surface area is 117 Å². The van der Waals surface area contributed by atoms with Crippen LogP contribution in [-0.2, 0) is 0 Å². The summed E-state index contributed by atoms with van der Waals surface area (Å²) >= 11 is 0. The third kappa shape index (κ3) is 1.97. The second kappa shape index (κ2) is 4.53. The maximum Gasteiger partial charge on any atom is 0.337 e. The highest BCUT2D eigenvalue weighted by molar-refractivity contribution is 6.04. The Morgan fingerprint density at radius 2 is 1.80 bits per heavy atom. The predicted octanol–water partition coefficient (Wildman–Crippen LogP) is 3.95. The lowest BCUT2D eigenvalue weighted by atomic mass is 10.1. The van der Waals surface area contributed by atoms with Crippen LogP contribution in [0.5, 0.6) is 0 Å². The number of aromatic carboxylic acids is 1. The molecule has 0 aliphatic carbocycles. The summed E-state index contributed by atoms with van der Waals surface area (Å²) < 4.78 is 1.94. The van der Waals surface area contributed by atoms with Crippen LogP contribution in [0.4, 0.5) is 0 Å². The first kappa shape index (κ1) is 12.5. The van der Waals surface area contributed by atoms with Gasteiger partial charge in [-0.1, -0.05) is 23.8 Å². The van der Waals surface area contributed by atoms with Crippen molar-refractivity contribution in [3.8, 4) is 5.69 Å². The SMILES string of the molecule is Cc1cccc(-n2cc(C(=O)O)c3cc(C)ccc32)c1. The van der Waals surface area contributed by atoms with Crippen LogP contribution in [0.25, 0.3) is 16.6 Å². The number of hydrogen-bond donors (Lipinski definition) is 1. The van der Waals surface area contributed by atoms with Crippen molar-refractivity contribution >= 4 is 16.9 Å². The lowest BCUT2D eigenvalue weighted by Gasteiger charge is -2.06. The number of rotatable bonds is 2. The van der Waals surface area contributed by atoms with E-state index >= 15 is 0 Å². The summed E-state index contributed by atoms with van der Waals surface area (Å²) in [6.07, 6.45) is 1.70. The number of hydrogen-bond acceptors (Lipinski definition) is 1. The molecule has 1 aromatic heterocycles. The Hall–Kier alpha value is -2.55. The molecule has 3 heteroatoms. The van der Waals surface area contributed by atoms with Gasteiger partial charge in [-0.3, -0.25) is 0 Å². The molecule has 3 nitrogen and oxygen atoms in total. The molecule has 0 spiro atoms. The molecule has 0 fully saturated rings. The molecule has 0 unspecified atom stereocenters. The smallest absolute Gasteiger partial charge is 0.337 e. The Balaban J connectivity index is 2.34. The molecule has 0 atom stereocenters. The summed E-state index contributed by atoms with van der Waals surface area (Å²) in [5, 5.41) is 10.2. The van der Waals surface area contributed by atoms with E-state index in [4.69, 9.17) is 0 Å². The minimum absolute atomic E-state index is 0.338. The van der Waals surface area contributed by atoms with Gasteiger partial charge in [0.05, 0.1) is 11.1 Å². The first-order chi connectivity index (χ1) is 9.56. The van der Waals surface area contributed by atoms with Crippen molar-refractivity contribution in [1.29, 1.82) is 0 Å². The average Bonchev–Trinajstić information content (AvgIpc) is 2.77. The fraction of sp³-hybridized carbons (Fsp3) is 0.118. The van der Waals surface area contributed by atoms with E-state index in [1.54, 1.807) is 6.20 Å². The quantitative estimate of drug-likeness (QED) is 0.762. The van der Waals surface area contributed by atoms with Gasteiger partial charge >= 0.3 is 5.97 Å². The molecule has 3 rings (SSSR count). The molecule has 0 saturated heterocycles. The molecule has 0 radical (unpaired) electrons. The van der Waals surface area contributed by atoms with Crippen LogP contribution in [-0.4, -0.2) is 15.6 Å². The molecule has 0 aliphatic rings. The van der Waals surface area contributed by atoms with Crippen LogP contribution in [0.1, 0.15) is 21.5 Å². The van der Waals surface area contributed by atoms with Gasteiger partial charge in [0, 0.05) is 17.3 Å². The van der Waals surface area contributed by atoms with Gasteiger partial charge in [0.2, 0.25) is 0 Å². The minimum atomic E-state index is -0.896. The van der Waals surface area contributed by atoms with E-state index in [9.17, 15) is 9.90 Å². The largest absolute Gasteiger partial charge is 0.478 e. The number of aromatic nitrogens is 1. The van der Waals surface area contributed by atoms with Gasteiger partial charge in [0.1, 0.15) is 0 Å². The molecular weight excluding hydrogens is 250 g/mol. The number of carbonyl (C=O) groups is 1. The second-order valence-electron chi connectivity index (χ2n) is 5.08. The maximum atomic E-state index is 11.4. The van der Waals surface area contributed by atoms with Gasteiger partial charge in [-0.05, 0) is 43.7 Å². The Kier molecular flexibility index (Phi) is 2.83. The topological polar surface area (TPSA) is 42.2 Å². The van der Waals surface area contributed by atoms with Crippen molar-refractivity contribution in [3.63, 3.8) is 0 Å². The molecule has 20 heavy (non-hydrogen) atoms. The number of benzene rings is 2. The molecular formula is C17H15NO2. The highest BCUT2D eigenvalue weighted by Gasteiger charge is 2.15. The molecule has 0 saturated carbocycles. The first-order valence-electron chi connectivity index (χ1n) is 6.48. The van der Waals surface area contributed by atoms with Crippen molar-refractivity contribution in [2.75, 3.05) is 0 Å². The molecule has 100 valence electrons. The van der Waals surface area contributed by atoms with Crippen LogP contribution in [0.15, 0.2) is 48.7 Å². The van der Waals surface area contributed by atoms with Crippen LogP contribution in [0.3, 0.4) is 0 Å². The van der Waals surface area contributed by atoms with Gasteiger partial charge in [-0.25, -0.2) is 4.79 Å². The molecule has 0 bridgehead atoms. The van der Waals surface area contributed by atoms with Crippen molar-refractivity contribution in [2.24, 2.45) is 0 Å². The average molecular weight is 265 g/mol. The predicted molar refractivity (Wildman–Crippen MR) is 79.7 cm³/mol. The van der Waals surface area contributed by atoms with Crippen molar-refractivity contribution in [1.82, 2.24) is 4.57 Å². The van der Waals surface area contributed by atoms with Crippen LogP contribution >= 0.6 is 0 Å². The first-order valence-corrected chi connectivity index (χ1v) is 6.48. The number of aryl methyl sites for hydroxylation is 2. The zero-order valence-corrected chi connectivity index (χ0v) is 11.4. The van der Waals surface area contributed by atoms with E-state index in [-0.39, 0.29) is 0 Å². The summed E-state index contributed by atoms with van der Waals surface area (Å²) in [6, 6.07) is 13.9. The van der Waals surface area contributed by atoms with Gasteiger partial charge in [-0.15, -0.1) is 0 Å². The normalized spacial score (nSPS) is 10.9. The standard InChI is InChI=1S/C17H15NO2/c1-11-4-3-5-13(8-11)18-10-15(17(19)20)14-9-12(2)6-7-16(14)18/h3-10H,1-2H3,(H,19,20). The Bertz CT molecular complexity index is 815. The summed E-state index contributed by atoms with van der Waals surface area (Å²) in [5.74, 6) is -0.896. The highest BCUT2D eigenvalue weighted by atomic mass is 16.4. The summed E-state index contributed by atoms with van der Waals surface area (Å²) in [6.45, 7) is 3.99. The van der Waals surface area contributed by atoms with Gasteiger partial charge in [0.15, 0.2) is 0 Å². The van der Waals surface area contributed by atoms with E-state index in [1.807, 2.05) is 60.9 Å². The van der Waals surface area contributed by atoms with E-state index in [0.717, 1.165) is 27.7 Å². The molecule has 1 heterocycles. The zero-order chi connectivity index (χ0) is 14.3. The number of nitrogens with zero attached hydrogens (tertiary/aromatic N) is 1. The van der Waals surface area contributed by atoms with Crippen molar-refractivity contribution < 1.29 is 9.90 Å². The lowest BCUT2D eigenvalue weighted by molar-refractivity contribution is 0.0699. The fourth-order valence-corrected chi connectivity index (χ4v) is 2.51. The summed E-state index contributed by atoms with van der Waals surface area (Å²) in [7, 11) is 0. The molecule has 0 aliphatic heterocycles. The maximum absolute atomic E-state index is 11.4. The minimum Gasteiger partial charge on any atom is -0.478 e. The summed E-state index contributed by atoms with van der Waals surface area (Å²) in [5.41, 5.74) is 4.44. The number of fused-ring (bicyclic) bond motifs is 1. The van der Waals surface area contributed by atoms with E-state index < -0.39 is 5.97 Å². The second-order valence-corrected chi connectivity index (χ2v) is 5.08. The monoisotopic (exact) mass is 265 g/mol. The van der Waals surface area contributed by atoms with Crippen molar-refractivity contribution in [3.05, 3.63) is 65.4 Å². The Morgan fingerprint density at radius 1 is 1.05 bits per heavy atom. The zero-order valence-electron chi connectivity index (χ0n) is 11.4. The van der Waals surface area contributed by atoms with Gasteiger partial charge < -0.3 is 9.67 Å². The molecule has 0 amide bonds.